The van der Waals surface area contributed by atoms with Crippen molar-refractivity contribution in [2.45, 2.75) is 309 Å². The topological polar surface area (TPSA) is 114 Å². The lowest BCUT2D eigenvalue weighted by Crippen LogP contribution is -2.47. The van der Waals surface area contributed by atoms with Crippen molar-refractivity contribution in [2.75, 3.05) is 40.9 Å². The van der Waals surface area contributed by atoms with E-state index in [0.717, 1.165) is 64.2 Å². The number of carbonyl (C=O) groups excluding carboxylic acids is 2. The molecule has 1 amide bonds. The van der Waals surface area contributed by atoms with Gasteiger partial charge in [-0.1, -0.05) is 251 Å². The first kappa shape index (κ1) is 68.5. The van der Waals surface area contributed by atoms with E-state index >= 15 is 0 Å². The Bertz CT molecular complexity index is 1250. The number of rotatable bonds is 55. The van der Waals surface area contributed by atoms with Gasteiger partial charge in [-0.05, 0) is 57.4 Å². The van der Waals surface area contributed by atoms with Gasteiger partial charge in [0, 0.05) is 12.8 Å². The molecule has 10 heteroatoms. The fraction of sp³-hybridized carbons (Fsp3) is 0.900. The molecule has 0 spiro atoms. The molecular formula is C60H117N2O7P. The van der Waals surface area contributed by atoms with Crippen LogP contribution in [-0.4, -0.2) is 69.4 Å². The van der Waals surface area contributed by atoms with Gasteiger partial charge >= 0.3 is 5.97 Å². The molecule has 414 valence electrons. The Morgan fingerprint density at radius 2 is 0.829 bits per heavy atom. The van der Waals surface area contributed by atoms with Crippen LogP contribution in [0.15, 0.2) is 24.3 Å². The average Bonchev–Trinajstić information content (AvgIpc) is 3.32. The Morgan fingerprint density at radius 3 is 1.21 bits per heavy atom. The molecule has 0 aliphatic carbocycles. The second kappa shape index (κ2) is 51.0. The lowest BCUT2D eigenvalue weighted by atomic mass is 10.0. The van der Waals surface area contributed by atoms with Crippen molar-refractivity contribution in [1.29, 1.82) is 0 Å². The van der Waals surface area contributed by atoms with Crippen LogP contribution in [0, 0.1) is 0 Å². The average molecular weight is 1010 g/mol. The number of unbranched alkanes of at least 4 members (excludes halogenated alkanes) is 37. The fourth-order valence-electron chi connectivity index (χ4n) is 8.93. The number of ether oxygens (including phenoxy) is 1. The zero-order valence-electron chi connectivity index (χ0n) is 47.2. The number of hydrogen-bond acceptors (Lipinski definition) is 7. The van der Waals surface area contributed by atoms with Gasteiger partial charge in [-0.2, -0.15) is 0 Å². The van der Waals surface area contributed by atoms with Crippen LogP contribution in [0.25, 0.3) is 0 Å². The van der Waals surface area contributed by atoms with Gasteiger partial charge in [0.15, 0.2) is 0 Å². The Labute approximate surface area is 434 Å². The van der Waals surface area contributed by atoms with Gasteiger partial charge in [0.05, 0.1) is 33.8 Å². The van der Waals surface area contributed by atoms with Crippen LogP contribution >= 0.6 is 7.82 Å². The molecule has 70 heavy (non-hydrogen) atoms. The third-order valence-corrected chi connectivity index (χ3v) is 14.6. The van der Waals surface area contributed by atoms with Crippen LogP contribution in [0.5, 0.6) is 0 Å². The molecule has 0 aromatic carbocycles. The molecule has 0 aromatic rings. The van der Waals surface area contributed by atoms with Crippen molar-refractivity contribution in [3.05, 3.63) is 24.3 Å². The van der Waals surface area contributed by atoms with Gasteiger partial charge in [-0.15, -0.1) is 0 Å². The number of allylic oxidation sites excluding steroid dienone is 3. The molecule has 0 fully saturated rings. The van der Waals surface area contributed by atoms with Crippen molar-refractivity contribution in [2.24, 2.45) is 0 Å². The van der Waals surface area contributed by atoms with Crippen LogP contribution in [0.4, 0.5) is 0 Å². The van der Waals surface area contributed by atoms with Gasteiger partial charge < -0.3 is 28.5 Å². The molecule has 0 heterocycles. The number of phosphoric ester groups is 1. The number of amides is 1. The lowest BCUT2D eigenvalue weighted by Gasteiger charge is -2.30. The maximum Gasteiger partial charge on any atom is 0.306 e. The van der Waals surface area contributed by atoms with Crippen molar-refractivity contribution >= 4 is 19.7 Å². The molecule has 3 atom stereocenters. The first-order valence-corrected chi connectivity index (χ1v) is 31.6. The van der Waals surface area contributed by atoms with Crippen molar-refractivity contribution in [1.82, 2.24) is 5.32 Å². The second-order valence-electron chi connectivity index (χ2n) is 21.9. The Kier molecular flexibility index (Phi) is 49.9. The van der Waals surface area contributed by atoms with E-state index in [1.807, 2.05) is 33.3 Å². The van der Waals surface area contributed by atoms with Gasteiger partial charge in [0.1, 0.15) is 19.3 Å². The minimum Gasteiger partial charge on any atom is -0.756 e. The lowest BCUT2D eigenvalue weighted by molar-refractivity contribution is -0.870. The molecule has 0 radical (unpaired) electrons. The zero-order chi connectivity index (χ0) is 51.5. The number of nitrogens with zero attached hydrogens (tertiary/aromatic N) is 1. The van der Waals surface area contributed by atoms with Crippen LogP contribution in [-0.2, 0) is 27.9 Å². The fourth-order valence-corrected chi connectivity index (χ4v) is 9.65. The minimum absolute atomic E-state index is 0.0194. The third-order valence-electron chi connectivity index (χ3n) is 13.6. The van der Waals surface area contributed by atoms with Gasteiger partial charge in [-0.3, -0.25) is 14.2 Å². The summed E-state index contributed by atoms with van der Waals surface area (Å²) in [6, 6.07) is -0.883. The quantitative estimate of drug-likeness (QED) is 0.0212. The number of nitrogens with one attached hydrogen (secondary N) is 1. The first-order valence-electron chi connectivity index (χ1n) is 30.1. The third kappa shape index (κ3) is 51.4. The van der Waals surface area contributed by atoms with Crippen LogP contribution in [0.1, 0.15) is 297 Å². The molecule has 0 saturated heterocycles. The first-order chi connectivity index (χ1) is 33.9. The second-order valence-corrected chi connectivity index (χ2v) is 23.3. The highest BCUT2D eigenvalue weighted by Gasteiger charge is 2.27. The molecule has 0 aliphatic rings. The van der Waals surface area contributed by atoms with E-state index in [9.17, 15) is 19.0 Å². The molecule has 1 N–H and O–H groups in total. The summed E-state index contributed by atoms with van der Waals surface area (Å²) in [6.45, 7) is 6.87. The normalized spacial score (nSPS) is 13.9. The van der Waals surface area contributed by atoms with Crippen molar-refractivity contribution < 1.29 is 37.3 Å². The highest BCUT2D eigenvalue weighted by Crippen LogP contribution is 2.38. The summed E-state index contributed by atoms with van der Waals surface area (Å²) in [6.07, 6.45) is 58.4. The number of quaternary nitrogens is 1. The molecule has 0 aliphatic heterocycles. The van der Waals surface area contributed by atoms with E-state index in [-0.39, 0.29) is 31.5 Å². The molecule has 0 aromatic heterocycles. The maximum atomic E-state index is 13.5. The Balaban J connectivity index is 5.31. The Hall–Kier alpha value is -1.51. The van der Waals surface area contributed by atoms with Crippen LogP contribution in [0.2, 0.25) is 0 Å². The number of hydrogen-bond donors (Lipinski definition) is 1. The highest BCUT2D eigenvalue weighted by atomic mass is 31.2. The molecular weight excluding hydrogens is 892 g/mol. The molecule has 0 bridgehead atoms. The zero-order valence-corrected chi connectivity index (χ0v) is 48.1. The number of likely N-dealkylation sites (N-methyl/N-ethyl adjacent to an activating group) is 1. The van der Waals surface area contributed by atoms with Crippen LogP contribution in [0.3, 0.4) is 0 Å². The predicted molar refractivity (Wildman–Crippen MR) is 298 cm³/mol. The minimum atomic E-state index is -4.69. The highest BCUT2D eigenvalue weighted by molar-refractivity contribution is 7.45. The van der Waals surface area contributed by atoms with Gasteiger partial charge in [-0.25, -0.2) is 0 Å². The van der Waals surface area contributed by atoms with E-state index in [4.69, 9.17) is 13.8 Å². The van der Waals surface area contributed by atoms with E-state index in [1.54, 1.807) is 0 Å². The monoisotopic (exact) mass is 1010 g/mol. The summed E-state index contributed by atoms with van der Waals surface area (Å²) in [5, 5.41) is 3.03. The predicted octanol–water partition coefficient (Wildman–Crippen LogP) is 17.5. The smallest absolute Gasteiger partial charge is 0.306 e. The van der Waals surface area contributed by atoms with Crippen LogP contribution < -0.4 is 10.2 Å². The number of phosphoric acid groups is 1. The van der Waals surface area contributed by atoms with Gasteiger partial charge in [0.25, 0.3) is 7.82 Å². The standard InChI is InChI=1S/C60H117N2O7P/c1-7-10-13-16-19-22-25-28-30-31-32-35-38-41-44-47-50-53-60(64)69-58(51-48-45-42-39-36-33-27-24-21-18-15-12-9-3)57(56-68-70(65,66)67-55-54-62(4,5)6)61-59(63)52-49-46-43-40-37-34-29-26-23-20-17-14-11-8-2/h28,30,48,51,57-58H,7-27,29,31-47,49-50,52-56H2,1-6H3,(H-,61,63,65,66)/b30-28+,51-48+. The van der Waals surface area contributed by atoms with Crippen molar-refractivity contribution in [3.63, 3.8) is 0 Å². The Morgan fingerprint density at radius 1 is 0.486 bits per heavy atom. The van der Waals surface area contributed by atoms with E-state index < -0.39 is 20.0 Å². The SMILES string of the molecule is CCCCCCCC/C=C/CCCCCCCCCC(=O)OC(/C=C/CCCCCCCCCCCCC)C(COP(=O)([O-])OCC[N+](C)(C)C)NC(=O)CCCCCCCCCCCCCCCC. The summed E-state index contributed by atoms with van der Waals surface area (Å²) in [4.78, 5) is 39.9. The summed E-state index contributed by atoms with van der Waals surface area (Å²) >= 11 is 0. The van der Waals surface area contributed by atoms with E-state index in [0.29, 0.717) is 17.4 Å². The summed E-state index contributed by atoms with van der Waals surface area (Å²) in [5.41, 5.74) is 0. The molecule has 0 saturated carbocycles. The molecule has 3 unspecified atom stereocenters. The van der Waals surface area contributed by atoms with E-state index in [2.05, 4.69) is 38.2 Å². The summed E-state index contributed by atoms with van der Waals surface area (Å²) in [5.74, 6) is -0.531. The summed E-state index contributed by atoms with van der Waals surface area (Å²) < 4.78 is 30.3. The molecule has 9 nitrogen and oxygen atoms in total. The molecule has 0 rings (SSSR count). The largest absolute Gasteiger partial charge is 0.756 e. The van der Waals surface area contributed by atoms with Gasteiger partial charge in [0.2, 0.25) is 5.91 Å². The number of carbonyl (C=O) groups is 2. The maximum absolute atomic E-state index is 13.5. The van der Waals surface area contributed by atoms with E-state index in [1.165, 1.54) is 199 Å². The van der Waals surface area contributed by atoms with Crippen molar-refractivity contribution in [3.8, 4) is 0 Å². The summed E-state index contributed by atoms with van der Waals surface area (Å²) in [7, 11) is 1.20. The number of esters is 1.